The maximum atomic E-state index is 12.5. The molecule has 0 aromatic carbocycles. The van der Waals surface area contributed by atoms with Crippen molar-refractivity contribution in [3.05, 3.63) is 22.4 Å². The van der Waals surface area contributed by atoms with Gasteiger partial charge in [-0.3, -0.25) is 4.79 Å². The zero-order valence-electron chi connectivity index (χ0n) is 10.3. The number of thiophene rings is 1. The lowest BCUT2D eigenvalue weighted by Gasteiger charge is -2.29. The molecule has 98 valence electrons. The number of amides is 1. The van der Waals surface area contributed by atoms with E-state index >= 15 is 0 Å². The number of nitrogens with one attached hydrogen (secondary N) is 1. The Kier molecular flexibility index (Phi) is 3.63. The Morgan fingerprint density at radius 2 is 2.44 bits per heavy atom. The van der Waals surface area contributed by atoms with E-state index in [2.05, 4.69) is 22.1 Å². The summed E-state index contributed by atoms with van der Waals surface area (Å²) in [5.74, 6) is 0.149. The summed E-state index contributed by atoms with van der Waals surface area (Å²) >= 11 is 1.68. The molecule has 1 aliphatic carbocycles. The third-order valence-electron chi connectivity index (χ3n) is 3.41. The fraction of sp³-hybridized carbons (Fsp3) is 0.615. The van der Waals surface area contributed by atoms with Crippen molar-refractivity contribution in [2.45, 2.75) is 31.5 Å². The van der Waals surface area contributed by atoms with Crippen molar-refractivity contribution in [1.82, 2.24) is 10.2 Å². The first kappa shape index (κ1) is 12.1. The monoisotopic (exact) mass is 266 g/mol. The Morgan fingerprint density at radius 1 is 1.56 bits per heavy atom. The maximum Gasteiger partial charge on any atom is 0.253 e. The lowest BCUT2D eigenvalue weighted by Crippen LogP contribution is -2.49. The molecule has 1 aromatic heterocycles. The second-order valence-corrected chi connectivity index (χ2v) is 5.67. The SMILES string of the molecule is O=C([C@@H]1CNCCO1)N(Cc1ccsc1)C1CC1. The number of nitrogens with zero attached hydrogens (tertiary/aromatic N) is 1. The van der Waals surface area contributed by atoms with Gasteiger partial charge in [0.2, 0.25) is 0 Å². The molecule has 2 heterocycles. The predicted molar refractivity (Wildman–Crippen MR) is 70.5 cm³/mol. The number of carbonyl (C=O) groups is 1. The van der Waals surface area contributed by atoms with E-state index in [1.165, 1.54) is 5.56 Å². The third kappa shape index (κ3) is 2.74. The van der Waals surface area contributed by atoms with E-state index in [1.807, 2.05) is 4.90 Å². The highest BCUT2D eigenvalue weighted by molar-refractivity contribution is 7.07. The Bertz CT molecular complexity index is 397. The summed E-state index contributed by atoms with van der Waals surface area (Å²) in [6.45, 7) is 2.85. The van der Waals surface area contributed by atoms with Crippen LogP contribution in [0.4, 0.5) is 0 Å². The Hall–Kier alpha value is -0.910. The number of hydrogen-bond acceptors (Lipinski definition) is 4. The second kappa shape index (κ2) is 5.38. The van der Waals surface area contributed by atoms with Gasteiger partial charge in [-0.25, -0.2) is 0 Å². The average molecular weight is 266 g/mol. The first-order valence-corrected chi connectivity index (χ1v) is 7.43. The van der Waals surface area contributed by atoms with E-state index < -0.39 is 0 Å². The number of hydrogen-bond donors (Lipinski definition) is 1. The number of morpholine rings is 1. The molecule has 0 radical (unpaired) electrons. The Labute approximate surface area is 111 Å². The summed E-state index contributed by atoms with van der Waals surface area (Å²) in [6.07, 6.45) is 1.98. The van der Waals surface area contributed by atoms with Crippen LogP contribution in [-0.2, 0) is 16.1 Å². The lowest BCUT2D eigenvalue weighted by molar-refractivity contribution is -0.146. The van der Waals surface area contributed by atoms with Gasteiger partial charge in [-0.1, -0.05) is 0 Å². The molecule has 0 unspecified atom stereocenters. The third-order valence-corrected chi connectivity index (χ3v) is 4.14. The highest BCUT2D eigenvalue weighted by Gasteiger charge is 2.36. The van der Waals surface area contributed by atoms with E-state index in [4.69, 9.17) is 4.74 Å². The van der Waals surface area contributed by atoms with Crippen LogP contribution in [0.2, 0.25) is 0 Å². The summed E-state index contributed by atoms with van der Waals surface area (Å²) in [6, 6.07) is 2.52. The largest absolute Gasteiger partial charge is 0.366 e. The molecule has 1 saturated heterocycles. The molecule has 2 aliphatic rings. The van der Waals surface area contributed by atoms with E-state index in [9.17, 15) is 4.79 Å². The van der Waals surface area contributed by atoms with Crippen molar-refractivity contribution in [2.75, 3.05) is 19.7 Å². The predicted octanol–water partition coefficient (Wildman–Crippen LogP) is 1.23. The van der Waals surface area contributed by atoms with Gasteiger partial charge < -0.3 is 15.0 Å². The van der Waals surface area contributed by atoms with Crippen molar-refractivity contribution in [3.8, 4) is 0 Å². The highest BCUT2D eigenvalue weighted by atomic mass is 32.1. The van der Waals surface area contributed by atoms with Gasteiger partial charge in [0.25, 0.3) is 5.91 Å². The zero-order chi connectivity index (χ0) is 12.4. The smallest absolute Gasteiger partial charge is 0.253 e. The van der Waals surface area contributed by atoms with Gasteiger partial charge in [-0.15, -0.1) is 0 Å². The molecule has 1 aromatic rings. The van der Waals surface area contributed by atoms with Crippen LogP contribution >= 0.6 is 11.3 Å². The Morgan fingerprint density at radius 3 is 3.06 bits per heavy atom. The van der Waals surface area contributed by atoms with Crippen molar-refractivity contribution in [2.24, 2.45) is 0 Å². The lowest BCUT2D eigenvalue weighted by atomic mass is 10.2. The zero-order valence-corrected chi connectivity index (χ0v) is 11.1. The standard InChI is InChI=1S/C13H18N2O2S/c16-13(12-7-14-4-5-17-12)15(11-1-2-11)8-10-3-6-18-9-10/h3,6,9,11-12,14H,1-2,4-5,7-8H2/t12-/m0/s1. The molecule has 0 bridgehead atoms. The first-order valence-electron chi connectivity index (χ1n) is 6.48. The van der Waals surface area contributed by atoms with Gasteiger partial charge in [0.05, 0.1) is 6.61 Å². The molecule has 1 N–H and O–H groups in total. The summed E-state index contributed by atoms with van der Waals surface area (Å²) in [4.78, 5) is 14.5. The molecule has 2 fully saturated rings. The molecule has 5 heteroatoms. The molecular formula is C13H18N2O2S. The quantitative estimate of drug-likeness (QED) is 0.891. The summed E-state index contributed by atoms with van der Waals surface area (Å²) in [7, 11) is 0. The van der Waals surface area contributed by atoms with Crippen LogP contribution in [0.5, 0.6) is 0 Å². The average Bonchev–Trinajstić information content (AvgIpc) is 3.13. The van der Waals surface area contributed by atoms with Gasteiger partial charge in [0.1, 0.15) is 6.10 Å². The molecule has 1 aliphatic heterocycles. The van der Waals surface area contributed by atoms with Crippen LogP contribution in [0, 0.1) is 0 Å². The number of carbonyl (C=O) groups excluding carboxylic acids is 1. The summed E-state index contributed by atoms with van der Waals surface area (Å²) in [5.41, 5.74) is 1.23. The van der Waals surface area contributed by atoms with E-state index in [0.29, 0.717) is 19.2 Å². The fourth-order valence-corrected chi connectivity index (χ4v) is 2.92. The van der Waals surface area contributed by atoms with Crippen LogP contribution < -0.4 is 5.32 Å². The van der Waals surface area contributed by atoms with Crippen molar-refractivity contribution in [3.63, 3.8) is 0 Å². The fourth-order valence-electron chi connectivity index (χ4n) is 2.26. The van der Waals surface area contributed by atoms with Crippen molar-refractivity contribution in [1.29, 1.82) is 0 Å². The van der Waals surface area contributed by atoms with E-state index in [1.54, 1.807) is 11.3 Å². The minimum atomic E-state index is -0.294. The maximum absolute atomic E-state index is 12.5. The molecule has 1 saturated carbocycles. The first-order chi connectivity index (χ1) is 8.84. The van der Waals surface area contributed by atoms with Crippen molar-refractivity contribution < 1.29 is 9.53 Å². The van der Waals surface area contributed by atoms with Gasteiger partial charge >= 0.3 is 0 Å². The Balaban J connectivity index is 1.66. The van der Waals surface area contributed by atoms with Crippen LogP contribution in [0.1, 0.15) is 18.4 Å². The molecular weight excluding hydrogens is 248 g/mol. The molecule has 0 spiro atoms. The normalized spacial score (nSPS) is 23.9. The van der Waals surface area contributed by atoms with E-state index in [-0.39, 0.29) is 12.0 Å². The molecule has 3 rings (SSSR count). The van der Waals surface area contributed by atoms with Crippen LogP contribution in [0.3, 0.4) is 0 Å². The minimum Gasteiger partial charge on any atom is -0.366 e. The topological polar surface area (TPSA) is 41.6 Å². The van der Waals surface area contributed by atoms with Gasteiger partial charge in [-0.05, 0) is 35.2 Å². The molecule has 18 heavy (non-hydrogen) atoms. The number of rotatable bonds is 4. The van der Waals surface area contributed by atoms with Crippen LogP contribution in [-0.4, -0.2) is 42.6 Å². The van der Waals surface area contributed by atoms with Gasteiger partial charge in [0.15, 0.2) is 0 Å². The summed E-state index contributed by atoms with van der Waals surface area (Å²) < 4.78 is 5.57. The van der Waals surface area contributed by atoms with Crippen LogP contribution in [0.25, 0.3) is 0 Å². The summed E-state index contributed by atoms with van der Waals surface area (Å²) in [5, 5.41) is 7.39. The highest BCUT2D eigenvalue weighted by Crippen LogP contribution is 2.29. The van der Waals surface area contributed by atoms with Crippen LogP contribution in [0.15, 0.2) is 16.8 Å². The molecule has 1 amide bonds. The molecule has 4 nitrogen and oxygen atoms in total. The minimum absolute atomic E-state index is 0.149. The van der Waals surface area contributed by atoms with Crippen molar-refractivity contribution >= 4 is 17.2 Å². The van der Waals surface area contributed by atoms with Gasteiger partial charge in [-0.2, -0.15) is 11.3 Å². The number of ether oxygens (including phenoxy) is 1. The molecule has 1 atom stereocenters. The second-order valence-electron chi connectivity index (χ2n) is 4.89. The van der Waals surface area contributed by atoms with E-state index in [0.717, 1.165) is 25.9 Å². The van der Waals surface area contributed by atoms with Gasteiger partial charge in [0, 0.05) is 25.7 Å².